The number of halogens is 4. The first-order chi connectivity index (χ1) is 49.6. The Morgan fingerprint density at radius 2 is 0.760 bits per heavy atom. The minimum atomic E-state index is -3.23. The van der Waals surface area contributed by atoms with Gasteiger partial charge in [-0.1, -0.05) is 41.9 Å². The molecule has 6 N–H and O–H groups in total. The quantitative estimate of drug-likeness (QED) is 0.0435. The molecule has 33 nitrogen and oxygen atoms in total. The molecular weight excluding hydrogens is 1490 g/mol. The lowest BCUT2D eigenvalue weighted by Gasteiger charge is -2.30. The third-order valence-corrected chi connectivity index (χ3v) is 22.3. The van der Waals surface area contributed by atoms with Crippen molar-refractivity contribution < 1.29 is 39.5 Å². The fraction of sp³-hybridized carbons (Fsp3) is 0.391. The zero-order valence-corrected chi connectivity index (χ0v) is 62.4. The standard InChI is InChI=1S/C22H25ClN8O3S.C21H22Cl2N8O3S.C21H23ClN8O3S/c1-12-5-4-6-15-16(12)21(34-14-7-9-31(10-8-14)35(3,32)33)28-18(27-15)13(2)26-20-17-19(25-11-24-17)29-22(23)30-20;1-11(26-19-16-18(25-10-24-16)29-21(23)30-19)17-27-14-5-3-4-13(22)15(14)20(28-17)34-12-6-8-31(9-7-12)35(2,32)33;1-12(25-19-16-18(24-11-23-16)28-21(22)29-19)17-26-15-6-4-3-5-14(15)20(27-17)33-13-7-9-30(10-8-13)34(2,31)32/h4-6,11,13-14H,7-10H2,1-3H3,(H2,24,25,26,29,30);3-5,10-12H,6-9H2,1-2H3,(H2,24,25,26,29,30);3-6,11-13H,7-10H2,1-2H3,(H2,23,24,25,28,29)/t13-;11-;12-/m000/s1. The first kappa shape index (κ1) is 73.3. The number of hydrogen-bond acceptors (Lipinski definition) is 27. The molecule has 546 valence electrons. The third kappa shape index (κ3) is 16.9. The van der Waals surface area contributed by atoms with Crippen LogP contribution in [-0.2, 0) is 30.1 Å². The smallest absolute Gasteiger partial charge is 0.226 e. The largest absolute Gasteiger partial charge is 0.474 e. The van der Waals surface area contributed by atoms with Crippen molar-refractivity contribution in [3.63, 3.8) is 0 Å². The summed E-state index contributed by atoms with van der Waals surface area (Å²) >= 11 is 24.7. The van der Waals surface area contributed by atoms with Crippen molar-refractivity contribution in [2.75, 3.05) is 74.0 Å². The molecule has 0 spiro atoms. The Labute approximate surface area is 616 Å². The number of ether oxygens (including phenoxy) is 3. The summed E-state index contributed by atoms with van der Waals surface area (Å²) in [5, 5.41) is 12.8. The van der Waals surface area contributed by atoms with Crippen LogP contribution in [0.4, 0.5) is 17.5 Å². The molecule has 3 aliphatic rings. The highest BCUT2D eigenvalue weighted by Crippen LogP contribution is 2.37. The number of hydrogen-bond donors (Lipinski definition) is 6. The average molecular weight is 1560 g/mol. The van der Waals surface area contributed by atoms with Gasteiger partial charge in [-0.15, -0.1) is 0 Å². The maximum Gasteiger partial charge on any atom is 0.226 e. The topological polar surface area (TPSA) is 417 Å². The van der Waals surface area contributed by atoms with Crippen molar-refractivity contribution in [1.29, 1.82) is 0 Å². The number of aromatic nitrogens is 18. The van der Waals surface area contributed by atoms with Gasteiger partial charge in [0.05, 0.1) is 93.6 Å². The molecule has 104 heavy (non-hydrogen) atoms. The summed E-state index contributed by atoms with van der Waals surface area (Å²) < 4.78 is 94.4. The van der Waals surface area contributed by atoms with Crippen LogP contribution in [0, 0.1) is 6.92 Å². The van der Waals surface area contributed by atoms with E-state index in [0.717, 1.165) is 27.4 Å². The van der Waals surface area contributed by atoms with Gasteiger partial charge >= 0.3 is 0 Å². The highest BCUT2D eigenvalue weighted by atomic mass is 35.5. The van der Waals surface area contributed by atoms with E-state index in [0.29, 0.717) is 180 Å². The molecule has 0 amide bonds. The molecule has 3 fully saturated rings. The molecular formula is C64H70Cl4N24O9S3. The minimum Gasteiger partial charge on any atom is -0.474 e. The fourth-order valence-electron chi connectivity index (χ4n) is 12.2. The van der Waals surface area contributed by atoms with Crippen LogP contribution >= 0.6 is 46.4 Å². The Kier molecular flexibility index (Phi) is 21.6. The number of fused-ring (bicyclic) bond motifs is 6. The maximum absolute atomic E-state index is 11.9. The molecule has 12 heterocycles. The summed E-state index contributed by atoms with van der Waals surface area (Å²) in [7, 11) is -9.64. The van der Waals surface area contributed by atoms with Gasteiger partial charge < -0.3 is 45.1 Å². The summed E-state index contributed by atoms with van der Waals surface area (Å²) in [6, 6.07) is 17.8. The highest BCUT2D eigenvalue weighted by Gasteiger charge is 2.32. The summed E-state index contributed by atoms with van der Waals surface area (Å²) in [5.41, 5.74) is 6.37. The lowest BCUT2D eigenvalue weighted by atomic mass is 10.1. The zero-order chi connectivity index (χ0) is 73.4. The number of H-pyrrole nitrogens is 3. The second-order valence-electron chi connectivity index (χ2n) is 25.1. The van der Waals surface area contributed by atoms with Crippen LogP contribution in [0.15, 0.2) is 79.6 Å². The molecule has 3 atom stereocenters. The van der Waals surface area contributed by atoms with E-state index in [1.807, 2.05) is 82.3 Å². The number of aryl methyl sites for hydroxylation is 1. The predicted molar refractivity (Wildman–Crippen MR) is 395 cm³/mol. The van der Waals surface area contributed by atoms with E-state index in [2.05, 4.69) is 75.8 Å². The Hall–Kier alpha value is -8.98. The van der Waals surface area contributed by atoms with Crippen LogP contribution in [0.3, 0.4) is 0 Å². The van der Waals surface area contributed by atoms with Gasteiger partial charge in [0.15, 0.2) is 51.9 Å². The molecule has 40 heteroatoms. The van der Waals surface area contributed by atoms with Crippen LogP contribution in [-0.4, -0.2) is 204 Å². The van der Waals surface area contributed by atoms with Crippen molar-refractivity contribution >= 4 is 160 Å². The van der Waals surface area contributed by atoms with Crippen molar-refractivity contribution in [1.82, 2.24) is 103 Å². The molecule has 3 saturated heterocycles. The SMILES string of the molecule is C[C@H](Nc1nc(Cl)nc2nc[nH]c12)c1nc(OC2CCN(S(C)(=O)=O)CC2)c2c(Cl)cccc2n1.C[C@H](Nc1nc(Cl)nc2nc[nH]c12)c1nc(OC2CCN(S(C)(=O)=O)CC2)c2ccccc2n1.Cc1cccc2nc([C@H](C)Nc3nc(Cl)nc4nc[nH]c34)nc(OC3CCN(S(C)(=O)=O)CC3)c12. The van der Waals surface area contributed by atoms with E-state index in [9.17, 15) is 25.3 Å². The van der Waals surface area contributed by atoms with E-state index in [1.54, 1.807) is 6.07 Å². The monoisotopic (exact) mass is 1550 g/mol. The fourth-order valence-corrected chi connectivity index (χ4v) is 15.6. The number of piperidine rings is 3. The Morgan fingerprint density at radius 3 is 1.16 bits per heavy atom. The number of anilines is 3. The number of nitrogens with zero attached hydrogens (tertiary/aromatic N) is 18. The zero-order valence-electron chi connectivity index (χ0n) is 56.9. The summed E-state index contributed by atoms with van der Waals surface area (Å²) in [6.45, 7) is 10.2. The van der Waals surface area contributed by atoms with E-state index in [1.165, 1.54) is 50.7 Å². The lowest BCUT2D eigenvalue weighted by molar-refractivity contribution is 0.131. The maximum atomic E-state index is 11.9. The first-order valence-electron chi connectivity index (χ1n) is 32.9. The van der Waals surface area contributed by atoms with Gasteiger partial charge in [0.2, 0.25) is 63.6 Å². The molecule has 0 bridgehead atoms. The van der Waals surface area contributed by atoms with Crippen LogP contribution in [0.5, 0.6) is 17.6 Å². The lowest BCUT2D eigenvalue weighted by Crippen LogP contribution is -2.41. The van der Waals surface area contributed by atoms with Crippen LogP contribution in [0.2, 0.25) is 20.9 Å². The highest BCUT2D eigenvalue weighted by molar-refractivity contribution is 7.88. The molecule has 0 unspecified atom stereocenters. The van der Waals surface area contributed by atoms with Crippen molar-refractivity contribution in [2.45, 2.75) is 103 Å². The van der Waals surface area contributed by atoms with E-state index < -0.39 is 30.1 Å². The second kappa shape index (κ2) is 30.6. The summed E-state index contributed by atoms with van der Waals surface area (Å²) in [6.07, 6.45) is 11.2. The number of para-hydroxylation sites is 1. The molecule has 15 rings (SSSR count). The Bertz CT molecular complexity index is 5300. The normalized spacial score (nSPS) is 16.6. The molecule has 0 aliphatic carbocycles. The number of imidazole rings is 3. The molecule has 3 aliphatic heterocycles. The number of benzene rings is 3. The third-order valence-electron chi connectivity index (χ3n) is 17.6. The Morgan fingerprint density at radius 1 is 0.423 bits per heavy atom. The number of sulfonamides is 3. The molecule has 9 aromatic heterocycles. The van der Waals surface area contributed by atoms with Gasteiger partial charge in [0, 0.05) is 39.3 Å². The molecule has 0 radical (unpaired) electrons. The first-order valence-corrected chi connectivity index (χ1v) is 40.0. The number of rotatable bonds is 18. The van der Waals surface area contributed by atoms with E-state index >= 15 is 0 Å². The van der Waals surface area contributed by atoms with Crippen molar-refractivity contribution in [3.8, 4) is 17.6 Å². The van der Waals surface area contributed by atoms with Crippen molar-refractivity contribution in [2.24, 2.45) is 0 Å². The van der Waals surface area contributed by atoms with Gasteiger partial charge in [0.25, 0.3) is 0 Å². The van der Waals surface area contributed by atoms with Crippen LogP contribution < -0.4 is 30.2 Å². The van der Waals surface area contributed by atoms with Gasteiger partial charge in [-0.3, -0.25) is 0 Å². The average Bonchev–Trinajstić information content (AvgIpc) is 0.956. The van der Waals surface area contributed by atoms with Crippen molar-refractivity contribution in [3.05, 3.63) is 124 Å². The van der Waals surface area contributed by atoms with Gasteiger partial charge in [0.1, 0.15) is 34.9 Å². The summed E-state index contributed by atoms with van der Waals surface area (Å²) in [4.78, 5) is 75.0. The van der Waals surface area contributed by atoms with Gasteiger partial charge in [-0.05, 0) is 137 Å². The number of aromatic amines is 3. The minimum absolute atomic E-state index is 0.0648. The van der Waals surface area contributed by atoms with Gasteiger partial charge in [-0.2, -0.15) is 44.9 Å². The van der Waals surface area contributed by atoms with E-state index in [4.69, 9.17) is 90.5 Å². The Balaban J connectivity index is 0.000000139. The molecule has 0 saturated carbocycles. The predicted octanol–water partition coefficient (Wildman–Crippen LogP) is 9.74. The summed E-state index contributed by atoms with van der Waals surface area (Å²) in [5.74, 6) is 4.27. The second-order valence-corrected chi connectivity index (χ2v) is 32.5. The van der Waals surface area contributed by atoms with Crippen LogP contribution in [0.25, 0.3) is 66.2 Å². The number of nitrogens with one attached hydrogen (secondary N) is 6. The van der Waals surface area contributed by atoms with Crippen LogP contribution in [0.1, 0.15) is 100 Å². The molecule has 12 aromatic rings. The van der Waals surface area contributed by atoms with Gasteiger partial charge in [-0.25, -0.2) is 68.1 Å². The molecule has 3 aromatic carbocycles. The van der Waals surface area contributed by atoms with E-state index in [-0.39, 0.29) is 52.3 Å².